The van der Waals surface area contributed by atoms with Crippen molar-refractivity contribution in [2.45, 2.75) is 45.6 Å². The molecule has 104 valence electrons. The number of rotatable bonds is 1. The lowest BCUT2D eigenvalue weighted by Gasteiger charge is -2.31. The Morgan fingerprint density at radius 1 is 1.28 bits per heavy atom. The highest BCUT2D eigenvalue weighted by molar-refractivity contribution is 5.85. The van der Waals surface area contributed by atoms with Crippen LogP contribution in [-0.2, 0) is 4.79 Å². The van der Waals surface area contributed by atoms with Gasteiger partial charge in [-0.1, -0.05) is 13.8 Å². The first-order valence-electron chi connectivity index (χ1n) is 7.02. The van der Waals surface area contributed by atoms with Gasteiger partial charge in [-0.2, -0.15) is 0 Å². The maximum Gasteiger partial charge on any atom is 0.227 e. The Bertz CT molecular complexity index is 343. The van der Waals surface area contributed by atoms with E-state index in [1.165, 1.54) is 19.3 Å². The van der Waals surface area contributed by atoms with Crippen molar-refractivity contribution in [3.05, 3.63) is 0 Å². The molecule has 3 rings (SSSR count). The Labute approximate surface area is 116 Å². The fraction of sp³-hybridized carbons (Fsp3) is 0.929. The Kier molecular flexibility index (Phi) is 3.67. The molecule has 2 bridgehead atoms. The molecule has 18 heavy (non-hydrogen) atoms. The number of carbonyl (C=O) groups is 1. The zero-order valence-corrected chi connectivity index (χ0v) is 12.2. The average molecular weight is 273 g/mol. The Morgan fingerprint density at radius 3 is 2.44 bits per heavy atom. The lowest BCUT2D eigenvalue weighted by atomic mass is 9.84. The van der Waals surface area contributed by atoms with Gasteiger partial charge < -0.3 is 10.6 Å². The molecule has 3 aliphatic rings. The van der Waals surface area contributed by atoms with Gasteiger partial charge in [0.05, 0.1) is 5.92 Å². The second-order valence-corrected chi connectivity index (χ2v) is 7.11. The van der Waals surface area contributed by atoms with Crippen LogP contribution >= 0.6 is 12.4 Å². The lowest BCUT2D eigenvalue weighted by molar-refractivity contribution is -0.137. The fourth-order valence-electron chi connectivity index (χ4n) is 4.21. The molecule has 2 N–H and O–H groups in total. The summed E-state index contributed by atoms with van der Waals surface area (Å²) in [7, 11) is 0. The molecule has 3 fully saturated rings. The molecule has 2 aliphatic carbocycles. The predicted molar refractivity (Wildman–Crippen MR) is 74.5 cm³/mol. The lowest BCUT2D eigenvalue weighted by Crippen LogP contribution is -2.46. The largest absolute Gasteiger partial charge is 0.342 e. The van der Waals surface area contributed by atoms with Gasteiger partial charge in [-0.05, 0) is 42.9 Å². The smallest absolute Gasteiger partial charge is 0.227 e. The minimum atomic E-state index is 0. The summed E-state index contributed by atoms with van der Waals surface area (Å²) < 4.78 is 0. The first-order chi connectivity index (χ1) is 7.98. The maximum atomic E-state index is 12.6. The third kappa shape index (κ3) is 2.16. The molecule has 0 aromatic rings. The standard InChI is InChI=1S/C14H24N2O.ClH/c1-14(2)5-6-16(8-14)13(17)11-9-3-4-10(7-9)12(11)15;/h9-12H,3-8,15H2,1-2H3;1H. The van der Waals surface area contributed by atoms with E-state index in [2.05, 4.69) is 18.7 Å². The SMILES string of the molecule is CC1(C)CCN(C(=O)C2C3CCC(C3)C2N)C1.Cl. The van der Waals surface area contributed by atoms with Crippen LogP contribution in [0.15, 0.2) is 0 Å². The Hall–Kier alpha value is -0.280. The van der Waals surface area contributed by atoms with Gasteiger partial charge >= 0.3 is 0 Å². The monoisotopic (exact) mass is 272 g/mol. The van der Waals surface area contributed by atoms with Crippen LogP contribution in [0.3, 0.4) is 0 Å². The van der Waals surface area contributed by atoms with Crippen molar-refractivity contribution in [1.82, 2.24) is 4.90 Å². The van der Waals surface area contributed by atoms with Gasteiger partial charge in [0.2, 0.25) is 5.91 Å². The predicted octanol–water partition coefficient (Wildman–Crippen LogP) is 2.04. The molecule has 4 atom stereocenters. The summed E-state index contributed by atoms with van der Waals surface area (Å²) in [5.74, 6) is 1.72. The molecule has 3 nitrogen and oxygen atoms in total. The van der Waals surface area contributed by atoms with E-state index in [-0.39, 0.29) is 24.4 Å². The highest BCUT2D eigenvalue weighted by Crippen LogP contribution is 2.48. The van der Waals surface area contributed by atoms with Gasteiger partial charge in [-0.25, -0.2) is 0 Å². The van der Waals surface area contributed by atoms with Gasteiger partial charge in [-0.3, -0.25) is 4.79 Å². The third-order valence-corrected chi connectivity index (χ3v) is 5.25. The minimum Gasteiger partial charge on any atom is -0.342 e. The number of carbonyl (C=O) groups excluding carboxylic acids is 1. The van der Waals surface area contributed by atoms with Crippen LogP contribution in [0.5, 0.6) is 0 Å². The van der Waals surface area contributed by atoms with E-state index in [1.807, 2.05) is 0 Å². The van der Waals surface area contributed by atoms with Gasteiger partial charge in [0.1, 0.15) is 0 Å². The van der Waals surface area contributed by atoms with Crippen molar-refractivity contribution >= 4 is 18.3 Å². The molecule has 2 saturated carbocycles. The summed E-state index contributed by atoms with van der Waals surface area (Å²) in [5.41, 5.74) is 6.56. The van der Waals surface area contributed by atoms with Gasteiger partial charge in [0.15, 0.2) is 0 Å². The number of nitrogens with zero attached hydrogens (tertiary/aromatic N) is 1. The quantitative estimate of drug-likeness (QED) is 0.794. The van der Waals surface area contributed by atoms with Crippen LogP contribution < -0.4 is 5.73 Å². The summed E-state index contributed by atoms with van der Waals surface area (Å²) in [5, 5.41) is 0. The number of fused-ring (bicyclic) bond motifs is 2. The topological polar surface area (TPSA) is 46.3 Å². The summed E-state index contributed by atoms with van der Waals surface area (Å²) in [4.78, 5) is 14.7. The summed E-state index contributed by atoms with van der Waals surface area (Å²) >= 11 is 0. The number of halogens is 1. The molecule has 0 radical (unpaired) electrons. The number of hydrogen-bond acceptors (Lipinski definition) is 2. The van der Waals surface area contributed by atoms with E-state index < -0.39 is 0 Å². The highest BCUT2D eigenvalue weighted by atomic mass is 35.5. The molecule has 1 aliphatic heterocycles. The van der Waals surface area contributed by atoms with E-state index in [0.717, 1.165) is 19.5 Å². The van der Waals surface area contributed by atoms with Crippen LogP contribution in [0.1, 0.15) is 39.5 Å². The molecule has 1 saturated heterocycles. The zero-order valence-electron chi connectivity index (χ0n) is 11.4. The van der Waals surface area contributed by atoms with Crippen LogP contribution in [-0.4, -0.2) is 29.9 Å². The molecule has 0 spiro atoms. The Morgan fingerprint density at radius 2 is 1.94 bits per heavy atom. The second kappa shape index (κ2) is 4.68. The van der Waals surface area contributed by atoms with E-state index >= 15 is 0 Å². The number of likely N-dealkylation sites (tertiary alicyclic amines) is 1. The van der Waals surface area contributed by atoms with Crippen molar-refractivity contribution in [2.24, 2.45) is 28.9 Å². The third-order valence-electron chi connectivity index (χ3n) is 5.25. The summed E-state index contributed by atoms with van der Waals surface area (Å²) in [6.45, 7) is 6.36. The van der Waals surface area contributed by atoms with E-state index in [9.17, 15) is 4.79 Å². The van der Waals surface area contributed by atoms with E-state index in [0.29, 0.717) is 23.2 Å². The molecule has 1 heterocycles. The molecule has 0 aromatic heterocycles. The first kappa shape index (κ1) is 14.1. The van der Waals surface area contributed by atoms with Crippen molar-refractivity contribution in [3.8, 4) is 0 Å². The van der Waals surface area contributed by atoms with E-state index in [1.54, 1.807) is 0 Å². The van der Waals surface area contributed by atoms with Crippen LogP contribution in [0.4, 0.5) is 0 Å². The van der Waals surface area contributed by atoms with Crippen molar-refractivity contribution in [3.63, 3.8) is 0 Å². The van der Waals surface area contributed by atoms with Gasteiger partial charge in [0, 0.05) is 19.1 Å². The van der Waals surface area contributed by atoms with Gasteiger partial charge in [-0.15, -0.1) is 12.4 Å². The summed E-state index contributed by atoms with van der Waals surface area (Å²) in [6, 6.07) is 0.143. The number of amides is 1. The van der Waals surface area contributed by atoms with E-state index in [4.69, 9.17) is 5.73 Å². The van der Waals surface area contributed by atoms with Crippen molar-refractivity contribution < 1.29 is 4.79 Å². The molecular formula is C14H25ClN2O. The Balaban J connectivity index is 0.00000120. The molecule has 1 amide bonds. The van der Waals surface area contributed by atoms with Crippen LogP contribution in [0.25, 0.3) is 0 Å². The molecule has 4 unspecified atom stereocenters. The minimum absolute atomic E-state index is 0. The molecular weight excluding hydrogens is 248 g/mol. The highest BCUT2D eigenvalue weighted by Gasteiger charge is 2.51. The van der Waals surface area contributed by atoms with Crippen molar-refractivity contribution in [1.29, 1.82) is 0 Å². The fourth-order valence-corrected chi connectivity index (χ4v) is 4.21. The number of nitrogens with two attached hydrogens (primary N) is 1. The van der Waals surface area contributed by atoms with Crippen LogP contribution in [0, 0.1) is 23.2 Å². The summed E-state index contributed by atoms with van der Waals surface area (Å²) in [6.07, 6.45) is 4.82. The molecule has 4 heteroatoms. The first-order valence-corrected chi connectivity index (χ1v) is 7.02. The normalized spacial score (nSPS) is 40.9. The van der Waals surface area contributed by atoms with Gasteiger partial charge in [0.25, 0.3) is 0 Å². The number of hydrogen-bond donors (Lipinski definition) is 1. The molecule has 0 aromatic carbocycles. The zero-order chi connectivity index (χ0) is 12.2. The second-order valence-electron chi connectivity index (χ2n) is 7.11. The average Bonchev–Trinajstić information content (AvgIpc) is 2.91. The maximum absolute atomic E-state index is 12.6. The van der Waals surface area contributed by atoms with Crippen molar-refractivity contribution in [2.75, 3.05) is 13.1 Å². The van der Waals surface area contributed by atoms with Crippen LogP contribution in [0.2, 0.25) is 0 Å².